The second kappa shape index (κ2) is 12.4. The number of hydrogen-bond donors (Lipinski definition) is 3. The summed E-state index contributed by atoms with van der Waals surface area (Å²) in [7, 11) is 0. The topological polar surface area (TPSA) is 69.7 Å². The molecule has 0 spiro atoms. The van der Waals surface area contributed by atoms with E-state index >= 15 is 0 Å². The maximum atomic E-state index is 8.67. The molecular formula is C6H21N2NaO2S2. The molecule has 0 rings (SSSR count). The van der Waals surface area contributed by atoms with Crippen molar-refractivity contribution < 1.29 is 14.5 Å². The second-order valence-electron chi connectivity index (χ2n) is 1.79. The van der Waals surface area contributed by atoms with Crippen LogP contribution in [0.4, 0.5) is 0 Å². The van der Waals surface area contributed by atoms with E-state index in [0.717, 1.165) is 13.1 Å². The van der Waals surface area contributed by atoms with Crippen molar-refractivity contribution in [3.05, 3.63) is 0 Å². The summed E-state index contributed by atoms with van der Waals surface area (Å²) in [5, 5.41) is 15.7. The second-order valence-corrected chi connectivity index (χ2v) is 2.58. The van der Waals surface area contributed by atoms with Crippen LogP contribution < -0.4 is 5.73 Å². The monoisotopic (exact) mass is 240 g/mol. The van der Waals surface area contributed by atoms with Crippen LogP contribution in [0.1, 0.15) is 18.1 Å². The Morgan fingerprint density at radius 1 is 1.31 bits per heavy atom. The Kier molecular flexibility index (Phi) is 18.1. The SMILES string of the molecule is CCN(CC)C(O)=S.NC(O)=S.[HH].[HH].[HH].[NaH]. The van der Waals surface area contributed by atoms with Crippen molar-refractivity contribution in [2.75, 3.05) is 13.1 Å². The van der Waals surface area contributed by atoms with Crippen LogP contribution in [-0.2, 0) is 0 Å². The Hall–Kier alpha value is 0.380. The predicted octanol–water partition coefficient (Wildman–Crippen LogP) is 1.05. The van der Waals surface area contributed by atoms with Gasteiger partial charge in [0.15, 0.2) is 0 Å². The summed E-state index contributed by atoms with van der Waals surface area (Å²) in [6, 6.07) is 0. The molecule has 0 amide bonds. The number of nitrogens with zero attached hydrogens (tertiary/aromatic N) is 1. The van der Waals surface area contributed by atoms with E-state index in [-0.39, 0.29) is 39.0 Å². The predicted molar refractivity (Wildman–Crippen MR) is 71.1 cm³/mol. The van der Waals surface area contributed by atoms with E-state index in [1.165, 1.54) is 0 Å². The van der Waals surface area contributed by atoms with Crippen LogP contribution in [0.2, 0.25) is 0 Å². The number of hydrogen-bond acceptors (Lipinski definition) is 2. The van der Waals surface area contributed by atoms with Gasteiger partial charge in [-0.05, 0) is 38.3 Å². The summed E-state index contributed by atoms with van der Waals surface area (Å²) in [6.07, 6.45) is 0. The van der Waals surface area contributed by atoms with E-state index in [9.17, 15) is 0 Å². The zero-order valence-corrected chi connectivity index (χ0v) is 8.78. The molecule has 0 heterocycles. The van der Waals surface area contributed by atoms with Gasteiger partial charge in [0.2, 0.25) is 0 Å². The molecule has 0 aromatic rings. The first-order valence-corrected chi connectivity index (χ1v) is 4.23. The van der Waals surface area contributed by atoms with Gasteiger partial charge in [-0.1, -0.05) is 0 Å². The van der Waals surface area contributed by atoms with E-state index in [1.807, 2.05) is 13.8 Å². The Morgan fingerprint density at radius 3 is 1.54 bits per heavy atom. The molecule has 4 nitrogen and oxygen atoms in total. The van der Waals surface area contributed by atoms with Crippen molar-refractivity contribution in [1.29, 1.82) is 0 Å². The van der Waals surface area contributed by atoms with Gasteiger partial charge in [-0.15, -0.1) is 0 Å². The first-order valence-electron chi connectivity index (χ1n) is 3.41. The zero-order valence-electron chi connectivity index (χ0n) is 7.15. The molecule has 0 radical (unpaired) electrons. The van der Waals surface area contributed by atoms with Gasteiger partial charge in [-0.25, -0.2) is 0 Å². The van der Waals surface area contributed by atoms with Crippen LogP contribution in [0, 0.1) is 0 Å². The van der Waals surface area contributed by atoms with Crippen LogP contribution in [-0.4, -0.2) is 68.1 Å². The number of aliphatic hydroxyl groups excluding tert-OH is 2. The molecule has 0 aromatic heterocycles. The van der Waals surface area contributed by atoms with Crippen molar-refractivity contribution in [3.63, 3.8) is 0 Å². The van der Waals surface area contributed by atoms with Gasteiger partial charge in [0, 0.05) is 17.4 Å². The molecule has 0 atom stereocenters. The minimum atomic E-state index is -0.500. The number of rotatable bonds is 2. The first-order chi connectivity index (χ1) is 5.45. The van der Waals surface area contributed by atoms with Crippen molar-refractivity contribution in [1.82, 2.24) is 4.90 Å². The minimum absolute atomic E-state index is 0. The molecule has 0 saturated carbocycles. The van der Waals surface area contributed by atoms with Gasteiger partial charge in [0.05, 0.1) is 0 Å². The number of thiocarbonyl (C=S) groups is 2. The van der Waals surface area contributed by atoms with Crippen LogP contribution in [0.15, 0.2) is 0 Å². The Bertz CT molecular complexity index is 161. The molecule has 0 bridgehead atoms. The van der Waals surface area contributed by atoms with Gasteiger partial charge in [-0.2, -0.15) is 0 Å². The Labute approximate surface area is 116 Å². The molecular weight excluding hydrogens is 219 g/mol. The third kappa shape index (κ3) is 19.0. The summed E-state index contributed by atoms with van der Waals surface area (Å²) >= 11 is 8.37. The Balaban J connectivity index is -0.0000000281. The average molecular weight is 240 g/mol. The summed E-state index contributed by atoms with van der Waals surface area (Å²) < 4.78 is 0. The molecule has 80 valence electrons. The molecule has 0 aliphatic rings. The van der Waals surface area contributed by atoms with Crippen LogP contribution in [0.25, 0.3) is 0 Å². The standard InChI is InChI=1S/C5H11NOS.CH3NOS.Na.3H2.H/c1-3-6(4-2)5(7)8;2-1(3)4;;;;;/h3-4H2,1-2H3,(H,7,8);(H3,2,3,4);;3*1H;. The van der Waals surface area contributed by atoms with E-state index in [1.54, 1.807) is 4.90 Å². The summed E-state index contributed by atoms with van der Waals surface area (Å²) in [6.45, 7) is 5.47. The van der Waals surface area contributed by atoms with Crippen molar-refractivity contribution in [3.8, 4) is 0 Å². The van der Waals surface area contributed by atoms with Gasteiger partial charge >= 0.3 is 29.6 Å². The van der Waals surface area contributed by atoms with Crippen LogP contribution in [0.3, 0.4) is 0 Å². The molecule has 0 aliphatic carbocycles. The van der Waals surface area contributed by atoms with Crippen molar-refractivity contribution >= 4 is 64.3 Å². The van der Waals surface area contributed by atoms with Gasteiger partial charge < -0.3 is 20.8 Å². The molecule has 7 heteroatoms. The average Bonchev–Trinajstić information content (AvgIpc) is 1.87. The zero-order chi connectivity index (χ0) is 10.1. The number of aliphatic hydroxyl groups is 2. The van der Waals surface area contributed by atoms with Crippen LogP contribution in [0.5, 0.6) is 0 Å². The third-order valence-corrected chi connectivity index (χ3v) is 1.29. The van der Waals surface area contributed by atoms with E-state index < -0.39 is 5.17 Å². The maximum absolute atomic E-state index is 8.67. The van der Waals surface area contributed by atoms with E-state index in [4.69, 9.17) is 10.2 Å². The van der Waals surface area contributed by atoms with E-state index in [0.29, 0.717) is 0 Å². The van der Waals surface area contributed by atoms with Crippen LogP contribution >= 0.6 is 24.4 Å². The first kappa shape index (κ1) is 19.0. The quantitative estimate of drug-likeness (QED) is 0.495. The molecule has 4 N–H and O–H groups in total. The summed E-state index contributed by atoms with van der Waals surface area (Å²) in [5.41, 5.74) is 4.40. The van der Waals surface area contributed by atoms with E-state index in [2.05, 4.69) is 30.2 Å². The molecule has 0 saturated heterocycles. The fourth-order valence-corrected chi connectivity index (χ4v) is 0.752. The number of nitrogens with two attached hydrogens (primary N) is 1. The molecule has 0 aliphatic heterocycles. The van der Waals surface area contributed by atoms with Gasteiger partial charge in [-0.3, -0.25) is 0 Å². The van der Waals surface area contributed by atoms with Crippen molar-refractivity contribution in [2.24, 2.45) is 5.73 Å². The third-order valence-electron chi connectivity index (χ3n) is 1.03. The fourth-order valence-electron chi connectivity index (χ4n) is 0.494. The molecule has 13 heavy (non-hydrogen) atoms. The van der Waals surface area contributed by atoms with Crippen molar-refractivity contribution in [2.45, 2.75) is 13.8 Å². The summed E-state index contributed by atoms with van der Waals surface area (Å²) in [5.74, 6) is 0. The molecule has 0 fully saturated rings. The molecule has 0 unspecified atom stereocenters. The summed E-state index contributed by atoms with van der Waals surface area (Å²) in [4.78, 5) is 1.70. The normalized spacial score (nSPS) is 7.23. The van der Waals surface area contributed by atoms with Gasteiger partial charge in [0.1, 0.15) is 0 Å². The fraction of sp³-hybridized carbons (Fsp3) is 0.667. The Morgan fingerprint density at radius 2 is 1.54 bits per heavy atom. The molecule has 0 aromatic carbocycles. The van der Waals surface area contributed by atoms with Gasteiger partial charge in [0.25, 0.3) is 10.3 Å².